The molecule has 1 atom stereocenters. The number of aromatic nitrogens is 1. The monoisotopic (exact) mass is 378 g/mol. The lowest BCUT2D eigenvalue weighted by Gasteiger charge is -2.33. The molecule has 1 aliphatic carbocycles. The Hall–Kier alpha value is -2.86. The molecule has 0 N–H and O–H groups in total. The molecule has 1 aromatic heterocycles. The van der Waals surface area contributed by atoms with Gasteiger partial charge in [-0.25, -0.2) is 4.98 Å². The van der Waals surface area contributed by atoms with Crippen molar-refractivity contribution in [2.24, 2.45) is 0 Å². The van der Waals surface area contributed by atoms with Crippen LogP contribution in [0.1, 0.15) is 46.7 Å². The lowest BCUT2D eigenvalue weighted by Crippen LogP contribution is -2.42. The molecule has 5 rings (SSSR count). The third-order valence-electron chi connectivity index (χ3n) is 5.54. The maximum atomic E-state index is 13.0. The van der Waals surface area contributed by atoms with Crippen LogP contribution < -0.4 is 4.74 Å². The first-order chi connectivity index (χ1) is 13.7. The van der Waals surface area contributed by atoms with Crippen LogP contribution in [0.2, 0.25) is 0 Å². The summed E-state index contributed by atoms with van der Waals surface area (Å²) in [5, 5.41) is 2.24. The Balaban J connectivity index is 1.37. The maximum absolute atomic E-state index is 13.0. The largest absolute Gasteiger partial charge is 0.497 e. The van der Waals surface area contributed by atoms with E-state index in [0.29, 0.717) is 31.3 Å². The van der Waals surface area contributed by atoms with Crippen molar-refractivity contribution in [3.63, 3.8) is 0 Å². The molecule has 6 heteroatoms. The molecule has 1 saturated heterocycles. The second kappa shape index (κ2) is 6.95. The predicted molar refractivity (Wildman–Crippen MR) is 104 cm³/mol. The Morgan fingerprint density at radius 2 is 2.00 bits per heavy atom. The SMILES string of the molecule is COc1ccc2cc(C3CN(C(=O)c4ncoc4C4CC4)CCO3)ccc2c1. The minimum atomic E-state index is -0.152. The van der Waals surface area contributed by atoms with E-state index in [0.717, 1.165) is 40.7 Å². The zero-order chi connectivity index (χ0) is 19.1. The van der Waals surface area contributed by atoms with Crippen LogP contribution in [0.3, 0.4) is 0 Å². The highest BCUT2D eigenvalue weighted by molar-refractivity contribution is 5.93. The summed E-state index contributed by atoms with van der Waals surface area (Å²) in [4.78, 5) is 19.0. The van der Waals surface area contributed by atoms with E-state index < -0.39 is 0 Å². The molecule has 0 bridgehead atoms. The number of ether oxygens (including phenoxy) is 2. The van der Waals surface area contributed by atoms with Crippen molar-refractivity contribution < 1.29 is 18.7 Å². The normalized spacial score (nSPS) is 19.8. The van der Waals surface area contributed by atoms with Crippen molar-refractivity contribution in [3.8, 4) is 5.75 Å². The summed E-state index contributed by atoms with van der Waals surface area (Å²) >= 11 is 0. The number of carbonyl (C=O) groups is 1. The molecule has 0 spiro atoms. The van der Waals surface area contributed by atoms with Gasteiger partial charge in [-0.1, -0.05) is 18.2 Å². The molecule has 2 fully saturated rings. The van der Waals surface area contributed by atoms with Crippen LogP contribution >= 0.6 is 0 Å². The van der Waals surface area contributed by atoms with Crippen molar-refractivity contribution in [1.29, 1.82) is 0 Å². The predicted octanol–water partition coefficient (Wildman–Crippen LogP) is 3.93. The first-order valence-corrected chi connectivity index (χ1v) is 9.65. The highest BCUT2D eigenvalue weighted by atomic mass is 16.5. The first kappa shape index (κ1) is 17.3. The van der Waals surface area contributed by atoms with Gasteiger partial charge in [0.2, 0.25) is 0 Å². The second-order valence-electron chi connectivity index (χ2n) is 7.42. The Morgan fingerprint density at radius 1 is 1.18 bits per heavy atom. The van der Waals surface area contributed by atoms with Crippen LogP contribution in [0.25, 0.3) is 10.8 Å². The molecule has 144 valence electrons. The molecule has 28 heavy (non-hydrogen) atoms. The van der Waals surface area contributed by atoms with E-state index in [4.69, 9.17) is 13.9 Å². The fourth-order valence-corrected chi connectivity index (χ4v) is 3.81. The highest BCUT2D eigenvalue weighted by Gasteiger charge is 2.35. The van der Waals surface area contributed by atoms with E-state index in [-0.39, 0.29) is 12.0 Å². The molecule has 1 amide bonds. The summed E-state index contributed by atoms with van der Waals surface area (Å²) in [6, 6.07) is 12.3. The Kier molecular flexibility index (Phi) is 4.28. The van der Waals surface area contributed by atoms with Gasteiger partial charge in [0.1, 0.15) is 17.6 Å². The van der Waals surface area contributed by atoms with Gasteiger partial charge in [-0.3, -0.25) is 4.79 Å². The molecule has 1 saturated carbocycles. The number of oxazole rings is 1. The van der Waals surface area contributed by atoms with Gasteiger partial charge in [-0.15, -0.1) is 0 Å². The quantitative estimate of drug-likeness (QED) is 0.688. The van der Waals surface area contributed by atoms with Crippen LogP contribution in [0.15, 0.2) is 47.2 Å². The number of hydrogen-bond donors (Lipinski definition) is 0. The zero-order valence-corrected chi connectivity index (χ0v) is 15.8. The van der Waals surface area contributed by atoms with Gasteiger partial charge in [0, 0.05) is 12.5 Å². The zero-order valence-electron chi connectivity index (χ0n) is 15.8. The average molecular weight is 378 g/mol. The molecular formula is C22H22N2O4. The topological polar surface area (TPSA) is 64.8 Å². The second-order valence-corrected chi connectivity index (χ2v) is 7.42. The van der Waals surface area contributed by atoms with Crippen LogP contribution in [-0.4, -0.2) is 42.6 Å². The summed E-state index contributed by atoms with van der Waals surface area (Å²) in [6.07, 6.45) is 3.38. The molecule has 1 aliphatic heterocycles. The molecule has 0 radical (unpaired) electrons. The summed E-state index contributed by atoms with van der Waals surface area (Å²) in [5.41, 5.74) is 1.53. The molecule has 6 nitrogen and oxygen atoms in total. The van der Waals surface area contributed by atoms with Gasteiger partial charge < -0.3 is 18.8 Å². The van der Waals surface area contributed by atoms with E-state index in [1.807, 2.05) is 23.1 Å². The van der Waals surface area contributed by atoms with Crippen molar-refractivity contribution in [3.05, 3.63) is 59.8 Å². The molecular weight excluding hydrogens is 356 g/mol. The number of amides is 1. The van der Waals surface area contributed by atoms with Crippen LogP contribution in [0, 0.1) is 0 Å². The minimum Gasteiger partial charge on any atom is -0.497 e. The van der Waals surface area contributed by atoms with E-state index in [2.05, 4.69) is 23.2 Å². The van der Waals surface area contributed by atoms with Gasteiger partial charge >= 0.3 is 0 Å². The van der Waals surface area contributed by atoms with Crippen molar-refractivity contribution in [2.75, 3.05) is 26.8 Å². The Morgan fingerprint density at radius 3 is 2.82 bits per heavy atom. The van der Waals surface area contributed by atoms with Crippen LogP contribution in [0.5, 0.6) is 5.75 Å². The summed E-state index contributed by atoms with van der Waals surface area (Å²) in [7, 11) is 1.67. The third-order valence-corrected chi connectivity index (χ3v) is 5.54. The van der Waals surface area contributed by atoms with Gasteiger partial charge in [-0.2, -0.15) is 0 Å². The molecule has 2 aromatic carbocycles. The fourth-order valence-electron chi connectivity index (χ4n) is 3.81. The Bertz CT molecular complexity index is 1020. The fraction of sp³-hybridized carbons (Fsp3) is 0.364. The number of benzene rings is 2. The summed E-state index contributed by atoms with van der Waals surface area (Å²) < 4.78 is 16.8. The van der Waals surface area contributed by atoms with Gasteiger partial charge in [-0.05, 0) is 47.4 Å². The number of morpholine rings is 1. The van der Waals surface area contributed by atoms with Crippen LogP contribution in [0.4, 0.5) is 0 Å². The number of carbonyl (C=O) groups excluding carboxylic acids is 1. The van der Waals surface area contributed by atoms with Gasteiger partial charge in [0.25, 0.3) is 5.91 Å². The maximum Gasteiger partial charge on any atom is 0.276 e. The molecule has 2 aliphatic rings. The number of hydrogen-bond acceptors (Lipinski definition) is 5. The van der Waals surface area contributed by atoms with Crippen molar-refractivity contribution in [2.45, 2.75) is 24.9 Å². The summed E-state index contributed by atoms with van der Waals surface area (Å²) in [6.45, 7) is 1.59. The number of fused-ring (bicyclic) bond motifs is 1. The third kappa shape index (κ3) is 3.14. The Labute approximate surface area is 163 Å². The van der Waals surface area contributed by atoms with E-state index >= 15 is 0 Å². The number of methoxy groups -OCH3 is 1. The average Bonchev–Trinajstić information content (AvgIpc) is 3.48. The number of nitrogens with zero attached hydrogens (tertiary/aromatic N) is 2. The first-order valence-electron chi connectivity index (χ1n) is 9.65. The minimum absolute atomic E-state index is 0.0607. The smallest absolute Gasteiger partial charge is 0.276 e. The highest BCUT2D eigenvalue weighted by Crippen LogP contribution is 2.41. The van der Waals surface area contributed by atoms with Gasteiger partial charge in [0.05, 0.1) is 20.3 Å². The standard InChI is InChI=1S/C22H22N2O4/c1-26-18-7-6-15-10-17(5-4-16(15)11-18)19-12-24(8-9-27-19)22(25)20-21(14-2-3-14)28-13-23-20/h4-7,10-11,13-14,19H,2-3,8-9,12H2,1H3. The van der Waals surface area contributed by atoms with E-state index in [1.54, 1.807) is 7.11 Å². The van der Waals surface area contributed by atoms with E-state index in [1.165, 1.54) is 6.39 Å². The molecule has 3 aromatic rings. The van der Waals surface area contributed by atoms with Crippen molar-refractivity contribution in [1.82, 2.24) is 9.88 Å². The van der Waals surface area contributed by atoms with E-state index in [9.17, 15) is 4.79 Å². The van der Waals surface area contributed by atoms with Crippen molar-refractivity contribution >= 4 is 16.7 Å². The molecule has 1 unspecified atom stereocenters. The van der Waals surface area contributed by atoms with Crippen LogP contribution in [-0.2, 0) is 4.74 Å². The lowest BCUT2D eigenvalue weighted by molar-refractivity contribution is -0.0230. The lowest BCUT2D eigenvalue weighted by atomic mass is 10.0. The summed E-state index contributed by atoms with van der Waals surface area (Å²) in [5.74, 6) is 1.88. The number of rotatable bonds is 4. The van der Waals surface area contributed by atoms with Gasteiger partial charge in [0.15, 0.2) is 12.1 Å². The molecule has 2 heterocycles.